The molecule has 0 radical (unpaired) electrons. The number of benzene rings is 4. The van der Waals surface area contributed by atoms with Crippen molar-refractivity contribution in [2.75, 3.05) is 26.1 Å². The molecule has 14 heteroatoms. The van der Waals surface area contributed by atoms with Gasteiger partial charge in [-0.2, -0.15) is 4.98 Å². The number of hydrogen-bond acceptors (Lipinski definition) is 10. The average molecular weight is 755 g/mol. The Kier molecular flexibility index (Phi) is 11.0. The number of rotatable bonds is 13. The fraction of sp³-hybridized carbons (Fsp3) is 0.205. The molecule has 5 aromatic rings. The Labute approximate surface area is 312 Å². The van der Waals surface area contributed by atoms with Gasteiger partial charge in [0.15, 0.2) is 23.6 Å². The molecule has 0 aliphatic carbocycles. The molecule has 3 unspecified atom stereocenters. The number of thiol groups is 1. The fourth-order valence-corrected chi connectivity index (χ4v) is 6.89. The van der Waals surface area contributed by atoms with E-state index >= 15 is 0 Å². The molecule has 1 aromatic heterocycles. The summed E-state index contributed by atoms with van der Waals surface area (Å²) < 4.78 is 43.4. The first-order valence-corrected chi connectivity index (χ1v) is 18.7. The highest BCUT2D eigenvalue weighted by Gasteiger charge is 2.53. The number of carbonyl (C=O) groups is 1. The molecule has 12 nitrogen and oxygen atoms in total. The number of aliphatic hydroxyl groups excluding tert-OH is 1. The summed E-state index contributed by atoms with van der Waals surface area (Å²) in [6, 6.07) is 32.9. The normalized spacial score (nSPS) is 17.3. The molecular weight excluding hydrogens is 717 g/mol. The summed E-state index contributed by atoms with van der Waals surface area (Å²) in [7, 11) is 0.557. The number of anilines is 1. The molecule has 272 valence electrons. The van der Waals surface area contributed by atoms with E-state index in [4.69, 9.17) is 23.5 Å². The Balaban J connectivity index is 1.40. The average Bonchev–Trinajstić information content (AvgIpc) is 3.42. The molecule has 1 amide bonds. The van der Waals surface area contributed by atoms with Crippen LogP contribution in [0.2, 0.25) is 0 Å². The van der Waals surface area contributed by atoms with Gasteiger partial charge in [-0.3, -0.25) is 9.36 Å². The molecule has 6 rings (SSSR count). The maximum absolute atomic E-state index is 13.5. The smallest absolute Gasteiger partial charge is 0.505 e. The highest BCUT2D eigenvalue weighted by atomic mass is 32.7. The lowest BCUT2D eigenvalue weighted by molar-refractivity contribution is -0.132. The molecule has 0 fully saturated rings. The predicted octanol–water partition coefficient (Wildman–Crippen LogP) is 7.49. The molecule has 0 bridgehead atoms. The topological polar surface area (TPSA) is 147 Å². The van der Waals surface area contributed by atoms with Crippen molar-refractivity contribution in [3.63, 3.8) is 0 Å². The van der Waals surface area contributed by atoms with Crippen LogP contribution in [0.5, 0.6) is 11.5 Å². The predicted molar refractivity (Wildman–Crippen MR) is 202 cm³/mol. The number of hydrogen-bond donors (Lipinski definition) is 3. The zero-order valence-electron chi connectivity index (χ0n) is 29.3. The van der Waals surface area contributed by atoms with E-state index < -0.39 is 42.0 Å². The molecule has 1 aliphatic heterocycles. The van der Waals surface area contributed by atoms with Gasteiger partial charge in [-0.15, -0.1) is 0 Å². The molecule has 0 spiro atoms. The summed E-state index contributed by atoms with van der Waals surface area (Å²) >= 11 is 3.96. The van der Waals surface area contributed by atoms with Crippen molar-refractivity contribution >= 4 is 31.2 Å². The highest BCUT2D eigenvalue weighted by Crippen LogP contribution is 2.49. The van der Waals surface area contributed by atoms with Crippen molar-refractivity contribution in [1.29, 1.82) is 0 Å². The molecule has 2 heterocycles. The van der Waals surface area contributed by atoms with Crippen molar-refractivity contribution in [1.82, 2.24) is 9.55 Å². The number of nitrogens with one attached hydrogen (secondary N) is 1. The number of methoxy groups -OCH3 is 2. The minimum Gasteiger partial charge on any atom is -0.505 e. The minimum absolute atomic E-state index is 0.0363. The van der Waals surface area contributed by atoms with Crippen molar-refractivity contribution in [2.45, 2.75) is 31.3 Å². The monoisotopic (exact) mass is 754 g/mol. The van der Waals surface area contributed by atoms with Crippen LogP contribution in [0.1, 0.15) is 45.8 Å². The third kappa shape index (κ3) is 7.56. The number of nitrogens with zero attached hydrogens (tertiary/aromatic N) is 2. The number of aliphatic hydroxyl groups is 1. The van der Waals surface area contributed by atoms with Crippen LogP contribution in [0, 0.1) is 6.92 Å². The van der Waals surface area contributed by atoms with E-state index in [0.717, 1.165) is 21.3 Å². The third-order valence-corrected chi connectivity index (χ3v) is 9.46. The van der Waals surface area contributed by atoms with Gasteiger partial charge in [0.05, 0.1) is 20.8 Å². The Bertz CT molecular complexity index is 2150. The van der Waals surface area contributed by atoms with Crippen LogP contribution < -0.4 is 20.5 Å². The van der Waals surface area contributed by atoms with E-state index in [2.05, 4.69) is 22.5 Å². The summed E-state index contributed by atoms with van der Waals surface area (Å²) in [5.74, 6) is 0.0927. The van der Waals surface area contributed by atoms with Crippen LogP contribution in [0.15, 0.2) is 132 Å². The van der Waals surface area contributed by atoms with Crippen LogP contribution in [-0.2, 0) is 24.2 Å². The lowest BCUT2D eigenvalue weighted by Gasteiger charge is -2.38. The van der Waals surface area contributed by atoms with E-state index in [0.29, 0.717) is 22.6 Å². The Morgan fingerprint density at radius 2 is 1.45 bits per heavy atom. The number of carbonyl (C=O) groups excluding carboxylic acids is 1. The Morgan fingerprint density at radius 3 is 1.98 bits per heavy atom. The molecule has 1 aliphatic rings. The van der Waals surface area contributed by atoms with Gasteiger partial charge in [0.2, 0.25) is 12.0 Å². The van der Waals surface area contributed by atoms with E-state index in [1.165, 1.54) is 6.20 Å². The number of aryl methyl sites for hydroxylation is 1. The molecule has 2 N–H and O–H groups in total. The second-order valence-corrected chi connectivity index (χ2v) is 14.0. The molecule has 4 aromatic carbocycles. The first-order valence-electron chi connectivity index (χ1n) is 16.4. The largest absolute Gasteiger partial charge is 0.631 e. The minimum atomic E-state index is -2.60. The number of aromatic nitrogens is 2. The van der Waals surface area contributed by atoms with Crippen LogP contribution in [0.25, 0.3) is 0 Å². The zero-order chi connectivity index (χ0) is 37.8. The summed E-state index contributed by atoms with van der Waals surface area (Å²) in [5, 5.41) is 14.2. The van der Waals surface area contributed by atoms with Crippen LogP contribution in [-0.4, -0.2) is 47.0 Å². The number of amides is 1. The van der Waals surface area contributed by atoms with Gasteiger partial charge in [0.1, 0.15) is 22.9 Å². The van der Waals surface area contributed by atoms with Crippen molar-refractivity contribution in [2.24, 2.45) is 0 Å². The quantitative estimate of drug-likeness (QED) is 0.0628. The van der Waals surface area contributed by atoms with Crippen molar-refractivity contribution in [3.8, 4) is 11.5 Å². The van der Waals surface area contributed by atoms with Gasteiger partial charge in [-0.25, -0.2) is 9.32 Å². The standard InChI is InChI=1S/C39H36N3O9PS/c1-25-23-42(37(45)41-34(25)40-35(44)26-11-7-5-8-12-26)36-32(43)33(51-52(46)53)38(2,50-36)24-49-39(27-13-9-6-10-14-27,28-15-19-30(47-3)20-16-28)29-17-21-31(48-4)22-18-29/h5-23,36H,24H2,1-4H3,(H2-,40,41,43,44,45,46,53)/p+1. The summed E-state index contributed by atoms with van der Waals surface area (Å²) in [5.41, 5.74) is -0.761. The molecular formula is C39H37N3O9PS+. The van der Waals surface area contributed by atoms with E-state index in [1.54, 1.807) is 58.4 Å². The lowest BCUT2D eigenvalue weighted by atomic mass is 9.79. The van der Waals surface area contributed by atoms with Gasteiger partial charge in [0, 0.05) is 17.3 Å². The Hall–Kier alpha value is -5.46. The molecule has 53 heavy (non-hydrogen) atoms. The van der Waals surface area contributed by atoms with Crippen LogP contribution in [0.4, 0.5) is 5.82 Å². The highest BCUT2D eigenvalue weighted by molar-refractivity contribution is 8.39. The van der Waals surface area contributed by atoms with Gasteiger partial charge in [-0.05, 0) is 71.5 Å². The van der Waals surface area contributed by atoms with Gasteiger partial charge in [-0.1, -0.05) is 72.8 Å². The van der Waals surface area contributed by atoms with Crippen LogP contribution >= 0.6 is 19.5 Å². The third-order valence-electron chi connectivity index (χ3n) is 8.88. The van der Waals surface area contributed by atoms with E-state index in [-0.39, 0.29) is 18.2 Å². The first-order chi connectivity index (χ1) is 25.5. The Morgan fingerprint density at radius 1 is 0.925 bits per heavy atom. The van der Waals surface area contributed by atoms with Crippen molar-refractivity contribution < 1.29 is 37.9 Å². The van der Waals surface area contributed by atoms with Gasteiger partial charge < -0.3 is 29.4 Å². The molecule has 0 saturated carbocycles. The first kappa shape index (κ1) is 37.3. The van der Waals surface area contributed by atoms with Crippen LogP contribution in [0.3, 0.4) is 0 Å². The maximum atomic E-state index is 13.5. The number of ether oxygens (including phenoxy) is 4. The second-order valence-electron chi connectivity index (χ2n) is 12.3. The SMILES string of the molecule is COc1ccc(C(OCC2(C)OC(n3cc(C)c(NC(=O)c4ccccc4)nc3=O)C(O)=C2O[P+](=O)S)(c2ccccc2)c2ccc(OC)cc2)cc1. The summed E-state index contributed by atoms with van der Waals surface area (Å²) in [4.78, 5) is 30.4. The zero-order valence-corrected chi connectivity index (χ0v) is 31.0. The summed E-state index contributed by atoms with van der Waals surface area (Å²) in [6.07, 6.45) is -0.0716. The van der Waals surface area contributed by atoms with Crippen molar-refractivity contribution in [3.05, 3.63) is 165 Å². The molecule has 0 saturated heterocycles. The maximum Gasteiger partial charge on any atom is 0.631 e. The lowest BCUT2D eigenvalue weighted by Crippen LogP contribution is -2.42. The second kappa shape index (κ2) is 15.6. The summed E-state index contributed by atoms with van der Waals surface area (Å²) in [6.45, 7) is 2.93. The van der Waals surface area contributed by atoms with Gasteiger partial charge >= 0.3 is 12.9 Å². The molecule has 3 atom stereocenters. The van der Waals surface area contributed by atoms with E-state index in [9.17, 15) is 19.3 Å². The van der Waals surface area contributed by atoms with Gasteiger partial charge in [0.25, 0.3) is 5.91 Å². The fourth-order valence-electron chi connectivity index (χ4n) is 6.20. The van der Waals surface area contributed by atoms with E-state index in [1.807, 2.05) is 78.9 Å².